The number of barbiturate groups is 1. The van der Waals surface area contributed by atoms with Gasteiger partial charge in [0.25, 0.3) is 11.8 Å². The average Bonchev–Trinajstić information content (AvgIpc) is 3.05. The quantitative estimate of drug-likeness (QED) is 0.0944. The molecule has 1 aliphatic heterocycles. The third-order valence-corrected chi connectivity index (χ3v) is 9.85. The Bertz CT molecular complexity index is 1880. The molecule has 1 saturated heterocycles. The number of rotatable bonds is 10. The minimum atomic E-state index is -1.01. The molecule has 7 nitrogen and oxygen atoms in total. The Balaban J connectivity index is 1.68. The van der Waals surface area contributed by atoms with Gasteiger partial charge in [-0.15, -0.1) is 0 Å². The summed E-state index contributed by atoms with van der Waals surface area (Å²) in [7, 11) is 0. The van der Waals surface area contributed by atoms with Crippen LogP contribution in [0.3, 0.4) is 0 Å². The molecule has 240 valence electrons. The minimum Gasteiger partial charge on any atom is -0.288 e. The third-order valence-electron chi connectivity index (χ3n) is 6.51. The van der Waals surface area contributed by atoms with Crippen LogP contribution in [0.5, 0.6) is 0 Å². The monoisotopic (exact) mass is 752 g/mol. The van der Waals surface area contributed by atoms with Gasteiger partial charge < -0.3 is 0 Å². The van der Waals surface area contributed by atoms with Crippen LogP contribution in [-0.4, -0.2) is 29.4 Å². The summed E-state index contributed by atoms with van der Waals surface area (Å²) in [5.41, 5.74) is 1.23. The van der Waals surface area contributed by atoms with Gasteiger partial charge in [-0.3, -0.25) is 29.8 Å². The molecule has 1 aliphatic rings. The molecule has 2 N–H and O–H groups in total. The Labute approximate surface area is 303 Å². The number of imide groups is 2. The molecule has 0 radical (unpaired) electrons. The molecule has 1 fully saturated rings. The Morgan fingerprint density at radius 2 is 0.812 bits per heavy atom. The summed E-state index contributed by atoms with van der Waals surface area (Å²) in [6.45, 7) is 0. The number of thioether (sulfide) groups is 2. The summed E-state index contributed by atoms with van der Waals surface area (Å²) in [5, 5.41) is 5.92. The van der Waals surface area contributed by atoms with Crippen LogP contribution in [0.2, 0.25) is 20.1 Å². The number of allylic oxidation sites excluding steroid dienone is 2. The fraction of sp³-hybridized carbons (Fsp3) is 0. The van der Waals surface area contributed by atoms with Gasteiger partial charge >= 0.3 is 6.03 Å². The second kappa shape index (κ2) is 15.9. The Kier molecular flexibility index (Phi) is 11.6. The molecule has 4 amide bonds. The van der Waals surface area contributed by atoms with Gasteiger partial charge in [0.1, 0.15) is 5.57 Å². The van der Waals surface area contributed by atoms with Crippen molar-refractivity contribution in [2.24, 2.45) is 0 Å². The standard InChI is InChI=1S/C35H20Cl4N2O5S2/c36-23-9-1-19(2-10-23)17-27(30(42)21-5-13-25(38)14-6-21)47-34(29-32(44)40-35(46)41-33(29)45)48-28(18-20-3-11-24(37)12-4-20)31(43)22-7-15-26(39)16-8-22/h1-18H,(H2,40,41,44,45,46)/b27-17-,28-18+. The van der Waals surface area contributed by atoms with E-state index in [2.05, 4.69) is 10.6 Å². The highest BCUT2D eigenvalue weighted by molar-refractivity contribution is 8.26. The maximum absolute atomic E-state index is 14.0. The van der Waals surface area contributed by atoms with Crippen molar-refractivity contribution in [3.05, 3.63) is 159 Å². The smallest absolute Gasteiger partial charge is 0.288 e. The molecule has 0 aromatic heterocycles. The van der Waals surface area contributed by atoms with E-state index in [1.165, 1.54) is 24.3 Å². The first-order valence-corrected chi connectivity index (χ1v) is 16.9. The summed E-state index contributed by atoms with van der Waals surface area (Å²) in [6.07, 6.45) is 3.12. The van der Waals surface area contributed by atoms with Crippen LogP contribution >= 0.6 is 69.9 Å². The number of ketones is 2. The first-order chi connectivity index (χ1) is 23.0. The maximum atomic E-state index is 14.0. The average molecular weight is 755 g/mol. The third kappa shape index (κ3) is 9.08. The first-order valence-electron chi connectivity index (χ1n) is 13.8. The Morgan fingerprint density at radius 1 is 0.500 bits per heavy atom. The number of hydrogen-bond donors (Lipinski definition) is 2. The van der Waals surface area contributed by atoms with Gasteiger partial charge in [0.05, 0.1) is 14.0 Å². The number of carbonyl (C=O) groups is 5. The largest absolute Gasteiger partial charge is 0.328 e. The second-order valence-corrected chi connectivity index (χ2v) is 14.0. The lowest BCUT2D eigenvalue weighted by Gasteiger charge is -2.19. The molecule has 13 heteroatoms. The summed E-state index contributed by atoms with van der Waals surface area (Å²) in [6, 6.07) is 24.7. The van der Waals surface area contributed by atoms with Crippen molar-refractivity contribution in [3.8, 4) is 0 Å². The molecule has 0 spiro atoms. The molecule has 1 heterocycles. The van der Waals surface area contributed by atoms with E-state index in [0.29, 0.717) is 31.2 Å². The highest BCUT2D eigenvalue weighted by Gasteiger charge is 2.34. The van der Waals surface area contributed by atoms with Crippen molar-refractivity contribution in [1.29, 1.82) is 0 Å². The van der Waals surface area contributed by atoms with Gasteiger partial charge in [0.2, 0.25) is 0 Å². The van der Waals surface area contributed by atoms with Gasteiger partial charge in [-0.25, -0.2) is 4.79 Å². The zero-order valence-corrected chi connectivity index (χ0v) is 28.9. The van der Waals surface area contributed by atoms with Crippen LogP contribution in [0.15, 0.2) is 117 Å². The van der Waals surface area contributed by atoms with Gasteiger partial charge in [-0.2, -0.15) is 0 Å². The van der Waals surface area contributed by atoms with Crippen molar-refractivity contribution >= 4 is 111 Å². The van der Waals surface area contributed by atoms with Crippen LogP contribution in [0, 0.1) is 0 Å². The molecule has 4 aromatic rings. The van der Waals surface area contributed by atoms with Gasteiger partial charge in [0.15, 0.2) is 11.6 Å². The molecule has 0 unspecified atom stereocenters. The van der Waals surface area contributed by atoms with Gasteiger partial charge in [-0.05, 0) is 96.1 Å². The van der Waals surface area contributed by atoms with Crippen molar-refractivity contribution < 1.29 is 24.0 Å². The van der Waals surface area contributed by atoms with Crippen molar-refractivity contribution in [2.75, 3.05) is 0 Å². The lowest BCUT2D eigenvalue weighted by Crippen LogP contribution is -2.51. The molecular weight excluding hydrogens is 734 g/mol. The second-order valence-electron chi connectivity index (χ2n) is 9.90. The number of Topliss-reactive ketones (excluding diaryl/α,β-unsaturated/α-hetero) is 2. The minimum absolute atomic E-state index is 0.0532. The van der Waals surface area contributed by atoms with Crippen LogP contribution in [0.1, 0.15) is 31.8 Å². The Morgan fingerprint density at radius 3 is 1.15 bits per heavy atom. The summed E-state index contributed by atoms with van der Waals surface area (Å²) in [4.78, 5) is 66.6. The number of nitrogens with one attached hydrogen (secondary N) is 2. The number of halogens is 4. The first kappa shape index (κ1) is 35.2. The summed E-state index contributed by atoms with van der Waals surface area (Å²) in [5.74, 6) is -2.95. The highest BCUT2D eigenvalue weighted by atomic mass is 35.5. The van der Waals surface area contributed by atoms with E-state index in [1.54, 1.807) is 84.9 Å². The van der Waals surface area contributed by atoms with E-state index in [1.807, 2.05) is 0 Å². The van der Waals surface area contributed by atoms with Crippen LogP contribution < -0.4 is 10.6 Å². The predicted octanol–water partition coefficient (Wildman–Crippen LogP) is 9.49. The topological polar surface area (TPSA) is 109 Å². The fourth-order valence-electron chi connectivity index (χ4n) is 4.16. The normalized spacial score (nSPS) is 13.6. The lowest BCUT2D eigenvalue weighted by atomic mass is 10.1. The predicted molar refractivity (Wildman–Crippen MR) is 194 cm³/mol. The number of benzene rings is 4. The summed E-state index contributed by atoms with van der Waals surface area (Å²) >= 11 is 25.9. The number of hydrogen-bond acceptors (Lipinski definition) is 7. The van der Waals surface area contributed by atoms with Crippen molar-refractivity contribution in [2.45, 2.75) is 0 Å². The van der Waals surface area contributed by atoms with Gasteiger partial charge in [0, 0.05) is 31.2 Å². The van der Waals surface area contributed by atoms with E-state index in [0.717, 1.165) is 23.5 Å². The maximum Gasteiger partial charge on any atom is 0.328 e. The van der Waals surface area contributed by atoms with Gasteiger partial charge in [-0.1, -0.05) is 94.2 Å². The number of amides is 4. The molecule has 0 saturated carbocycles. The lowest BCUT2D eigenvalue weighted by molar-refractivity contribution is -0.124. The molecule has 0 atom stereocenters. The summed E-state index contributed by atoms with van der Waals surface area (Å²) < 4.78 is -0.0532. The molecule has 4 aromatic carbocycles. The molecule has 0 bridgehead atoms. The van der Waals surface area contributed by atoms with E-state index >= 15 is 0 Å². The fourth-order valence-corrected chi connectivity index (χ4v) is 7.16. The zero-order chi connectivity index (χ0) is 34.4. The highest BCUT2D eigenvalue weighted by Crippen LogP contribution is 2.44. The van der Waals surface area contributed by atoms with Crippen molar-refractivity contribution in [1.82, 2.24) is 10.6 Å². The van der Waals surface area contributed by atoms with Crippen LogP contribution in [0.4, 0.5) is 4.79 Å². The van der Waals surface area contributed by atoms with Crippen LogP contribution in [0.25, 0.3) is 12.2 Å². The number of urea groups is 1. The molecule has 5 rings (SSSR count). The van der Waals surface area contributed by atoms with E-state index in [-0.39, 0.29) is 25.2 Å². The van der Waals surface area contributed by atoms with Crippen LogP contribution in [-0.2, 0) is 9.59 Å². The zero-order valence-electron chi connectivity index (χ0n) is 24.3. The van der Waals surface area contributed by atoms with Crippen molar-refractivity contribution in [3.63, 3.8) is 0 Å². The molecular formula is C35H20Cl4N2O5S2. The van der Waals surface area contributed by atoms with E-state index in [9.17, 15) is 24.0 Å². The van der Waals surface area contributed by atoms with E-state index < -0.39 is 35.0 Å². The van der Waals surface area contributed by atoms with E-state index in [4.69, 9.17) is 46.4 Å². The SMILES string of the molecule is O=C1NC(=O)C(=C(S/C(=C\c2ccc(Cl)cc2)C(=O)c2ccc(Cl)cc2)S/C(=C/c2ccc(Cl)cc2)C(=O)c2ccc(Cl)cc2)C(=O)N1. The molecule has 48 heavy (non-hydrogen) atoms. The number of carbonyl (C=O) groups excluding carboxylic acids is 5. The molecule has 0 aliphatic carbocycles. The Hall–Kier alpha value is -4.09.